The Morgan fingerprint density at radius 1 is 1.25 bits per heavy atom. The second kappa shape index (κ2) is 8.12. The van der Waals surface area contributed by atoms with Crippen molar-refractivity contribution in [2.45, 2.75) is 26.4 Å². The molecule has 0 fully saturated rings. The van der Waals surface area contributed by atoms with Crippen molar-refractivity contribution in [3.63, 3.8) is 0 Å². The van der Waals surface area contributed by atoms with Gasteiger partial charge in [-0.15, -0.1) is 0 Å². The van der Waals surface area contributed by atoms with Gasteiger partial charge < -0.3 is 9.73 Å². The lowest BCUT2D eigenvalue weighted by molar-refractivity contribution is -0.121. The molecule has 1 aromatic heterocycles. The summed E-state index contributed by atoms with van der Waals surface area (Å²) in [4.78, 5) is 11.9. The van der Waals surface area contributed by atoms with Crippen molar-refractivity contribution in [3.8, 4) is 0 Å². The molecular weight excluding hydrogens is 328 g/mol. The van der Waals surface area contributed by atoms with E-state index in [-0.39, 0.29) is 25.4 Å². The highest BCUT2D eigenvalue weighted by atomic mass is 32.2. The van der Waals surface area contributed by atoms with Crippen molar-refractivity contribution in [1.29, 1.82) is 0 Å². The molecule has 0 spiro atoms. The summed E-state index contributed by atoms with van der Waals surface area (Å²) in [5.41, 5.74) is 1.97. The lowest BCUT2D eigenvalue weighted by Crippen LogP contribution is -2.34. The zero-order chi connectivity index (χ0) is 17.6. The second-order valence-electron chi connectivity index (χ2n) is 5.69. The molecule has 0 radical (unpaired) electrons. The van der Waals surface area contributed by atoms with E-state index in [4.69, 9.17) is 4.42 Å². The Bertz CT molecular complexity index is 770. The molecule has 0 atom stereocenters. The van der Waals surface area contributed by atoms with Crippen LogP contribution >= 0.6 is 0 Å². The van der Waals surface area contributed by atoms with E-state index in [1.165, 1.54) is 10.6 Å². The smallest absolute Gasteiger partial charge is 0.221 e. The molecule has 24 heavy (non-hydrogen) atoms. The van der Waals surface area contributed by atoms with E-state index >= 15 is 0 Å². The number of hydrogen-bond acceptors (Lipinski definition) is 4. The quantitative estimate of drug-likeness (QED) is 0.790. The second-order valence-corrected chi connectivity index (χ2v) is 7.67. The average molecular weight is 350 g/mol. The van der Waals surface area contributed by atoms with Gasteiger partial charge in [0, 0.05) is 19.5 Å². The van der Waals surface area contributed by atoms with Crippen molar-refractivity contribution < 1.29 is 17.6 Å². The van der Waals surface area contributed by atoms with Crippen LogP contribution in [0.4, 0.5) is 0 Å². The summed E-state index contributed by atoms with van der Waals surface area (Å²) in [7, 11) is -3.39. The zero-order valence-electron chi connectivity index (χ0n) is 13.9. The van der Waals surface area contributed by atoms with Gasteiger partial charge in [0.1, 0.15) is 5.76 Å². The molecule has 0 aliphatic rings. The summed E-state index contributed by atoms with van der Waals surface area (Å²) < 4.78 is 30.4. The number of amides is 1. The maximum atomic E-state index is 12.0. The maximum absolute atomic E-state index is 12.0. The summed E-state index contributed by atoms with van der Waals surface area (Å²) in [6, 6.07) is 11.2. The molecule has 7 heteroatoms. The fourth-order valence-corrected chi connectivity index (χ4v) is 3.10. The largest absolute Gasteiger partial charge is 0.467 e. The topological polar surface area (TPSA) is 79.6 Å². The molecule has 0 aliphatic heterocycles. The molecule has 2 aromatic rings. The SMILES string of the molecule is Cc1cccc(CN(CCC(=O)NCc2ccco2)S(C)(=O)=O)c1. The Labute approximate surface area is 142 Å². The van der Waals surface area contributed by atoms with E-state index < -0.39 is 10.0 Å². The summed E-state index contributed by atoms with van der Waals surface area (Å²) in [5.74, 6) is 0.437. The molecule has 1 aromatic carbocycles. The van der Waals surface area contributed by atoms with E-state index in [9.17, 15) is 13.2 Å². The highest BCUT2D eigenvalue weighted by Crippen LogP contribution is 2.11. The maximum Gasteiger partial charge on any atom is 0.221 e. The number of nitrogens with zero attached hydrogens (tertiary/aromatic N) is 1. The van der Waals surface area contributed by atoms with Crippen molar-refractivity contribution in [2.75, 3.05) is 12.8 Å². The number of rotatable bonds is 8. The van der Waals surface area contributed by atoms with Crippen LogP contribution in [0.2, 0.25) is 0 Å². The van der Waals surface area contributed by atoms with E-state index in [1.807, 2.05) is 31.2 Å². The van der Waals surface area contributed by atoms with Gasteiger partial charge in [-0.3, -0.25) is 4.79 Å². The number of hydrogen-bond donors (Lipinski definition) is 1. The fourth-order valence-electron chi connectivity index (χ4n) is 2.29. The van der Waals surface area contributed by atoms with Crippen LogP contribution in [0.25, 0.3) is 0 Å². The third kappa shape index (κ3) is 5.82. The van der Waals surface area contributed by atoms with Crippen LogP contribution in [0.5, 0.6) is 0 Å². The van der Waals surface area contributed by atoms with Crippen LogP contribution in [0.1, 0.15) is 23.3 Å². The van der Waals surface area contributed by atoms with Gasteiger partial charge in [-0.1, -0.05) is 29.8 Å². The van der Waals surface area contributed by atoms with Crippen molar-refractivity contribution in [3.05, 3.63) is 59.5 Å². The zero-order valence-corrected chi connectivity index (χ0v) is 14.7. The Morgan fingerprint density at radius 3 is 2.67 bits per heavy atom. The van der Waals surface area contributed by atoms with Crippen LogP contribution < -0.4 is 5.32 Å². The van der Waals surface area contributed by atoms with Crippen LogP contribution in [0, 0.1) is 6.92 Å². The molecule has 130 valence electrons. The predicted molar refractivity (Wildman–Crippen MR) is 91.6 cm³/mol. The first-order valence-electron chi connectivity index (χ1n) is 7.64. The number of sulfonamides is 1. The van der Waals surface area contributed by atoms with Gasteiger partial charge in [-0.2, -0.15) is 4.31 Å². The number of furan rings is 1. The highest BCUT2D eigenvalue weighted by molar-refractivity contribution is 7.88. The minimum Gasteiger partial charge on any atom is -0.467 e. The van der Waals surface area contributed by atoms with Gasteiger partial charge in [0.15, 0.2) is 0 Å². The highest BCUT2D eigenvalue weighted by Gasteiger charge is 2.18. The first-order chi connectivity index (χ1) is 11.3. The van der Waals surface area contributed by atoms with Gasteiger partial charge in [-0.25, -0.2) is 8.42 Å². The van der Waals surface area contributed by atoms with Gasteiger partial charge >= 0.3 is 0 Å². The number of aryl methyl sites for hydroxylation is 1. The minimum atomic E-state index is -3.39. The molecule has 1 N–H and O–H groups in total. The van der Waals surface area contributed by atoms with Crippen LogP contribution in [-0.2, 0) is 27.9 Å². The Kier molecular flexibility index (Phi) is 6.16. The predicted octanol–water partition coefficient (Wildman–Crippen LogP) is 2.06. The molecule has 0 unspecified atom stereocenters. The summed E-state index contributed by atoms with van der Waals surface area (Å²) in [6.45, 7) is 2.64. The summed E-state index contributed by atoms with van der Waals surface area (Å²) in [6.07, 6.45) is 2.79. The minimum absolute atomic E-state index is 0.0968. The first kappa shape index (κ1) is 18.2. The van der Waals surface area contributed by atoms with Gasteiger partial charge in [0.2, 0.25) is 15.9 Å². The van der Waals surface area contributed by atoms with Crippen molar-refractivity contribution in [2.24, 2.45) is 0 Å². The molecule has 1 amide bonds. The average Bonchev–Trinajstić information content (AvgIpc) is 3.01. The molecule has 0 saturated heterocycles. The van der Waals surface area contributed by atoms with E-state index in [1.54, 1.807) is 12.1 Å². The molecule has 0 aliphatic carbocycles. The van der Waals surface area contributed by atoms with Gasteiger partial charge in [0.05, 0.1) is 19.1 Å². The number of benzene rings is 1. The summed E-state index contributed by atoms with van der Waals surface area (Å²) in [5, 5.41) is 2.71. The molecule has 6 nitrogen and oxygen atoms in total. The lowest BCUT2D eigenvalue weighted by atomic mass is 10.1. The van der Waals surface area contributed by atoms with E-state index in [2.05, 4.69) is 5.32 Å². The van der Waals surface area contributed by atoms with Crippen molar-refractivity contribution >= 4 is 15.9 Å². The molecule has 0 saturated carbocycles. The van der Waals surface area contributed by atoms with Gasteiger partial charge in [-0.05, 0) is 24.6 Å². The van der Waals surface area contributed by atoms with Crippen LogP contribution in [-0.4, -0.2) is 31.4 Å². The van der Waals surface area contributed by atoms with Gasteiger partial charge in [0.25, 0.3) is 0 Å². The number of carbonyl (C=O) groups is 1. The fraction of sp³-hybridized carbons (Fsp3) is 0.353. The lowest BCUT2D eigenvalue weighted by Gasteiger charge is -2.20. The Morgan fingerprint density at radius 2 is 2.04 bits per heavy atom. The van der Waals surface area contributed by atoms with E-state index in [0.29, 0.717) is 12.3 Å². The molecule has 2 rings (SSSR count). The van der Waals surface area contributed by atoms with Crippen LogP contribution in [0.3, 0.4) is 0 Å². The molecular formula is C17H22N2O4S. The number of carbonyl (C=O) groups excluding carboxylic acids is 1. The summed E-state index contributed by atoms with van der Waals surface area (Å²) >= 11 is 0. The molecule has 1 heterocycles. The monoisotopic (exact) mass is 350 g/mol. The first-order valence-corrected chi connectivity index (χ1v) is 9.49. The van der Waals surface area contributed by atoms with Crippen LogP contribution in [0.15, 0.2) is 47.1 Å². The van der Waals surface area contributed by atoms with E-state index in [0.717, 1.165) is 17.4 Å². The normalized spacial score (nSPS) is 11.6. The van der Waals surface area contributed by atoms with Crippen molar-refractivity contribution in [1.82, 2.24) is 9.62 Å². The molecule has 0 bridgehead atoms. The Balaban J connectivity index is 1.90. The third-order valence-corrected chi connectivity index (χ3v) is 4.79. The number of nitrogens with one attached hydrogen (secondary N) is 1. The third-order valence-electron chi connectivity index (χ3n) is 3.54. The Hall–Kier alpha value is -2.12. The standard InChI is InChI=1S/C17H22N2O4S/c1-14-5-3-6-15(11-14)13-19(24(2,21)22)9-8-17(20)18-12-16-7-4-10-23-16/h3-7,10-11H,8-9,12-13H2,1-2H3,(H,18,20).